The van der Waals surface area contributed by atoms with Crippen molar-refractivity contribution in [1.29, 1.82) is 0 Å². The van der Waals surface area contributed by atoms with Gasteiger partial charge in [0, 0.05) is 0 Å². The Morgan fingerprint density at radius 2 is 2.00 bits per heavy atom. The predicted molar refractivity (Wildman–Crippen MR) is 57.2 cm³/mol. The van der Waals surface area contributed by atoms with Gasteiger partial charge < -0.3 is 4.74 Å². The first kappa shape index (κ1) is 10.9. The third-order valence-electron chi connectivity index (χ3n) is 2.49. The molecule has 86 valence electrons. The molecular formula is C10H11NO4S. The zero-order chi connectivity index (χ0) is 11.8. The highest BCUT2D eigenvalue weighted by molar-refractivity contribution is 7.90. The average Bonchev–Trinajstić information content (AvgIpc) is 2.27. The number of amides is 1. The molecule has 1 aliphatic rings. The lowest BCUT2D eigenvalue weighted by atomic mass is 10.1. The van der Waals surface area contributed by atoms with Crippen molar-refractivity contribution in [2.24, 2.45) is 0 Å². The monoisotopic (exact) mass is 241 g/mol. The first-order valence-electron chi connectivity index (χ1n) is 4.71. The Balaban J connectivity index is 2.30. The van der Waals surface area contributed by atoms with Crippen LogP contribution in [0, 0.1) is 0 Å². The van der Waals surface area contributed by atoms with Gasteiger partial charge in [0.2, 0.25) is 10.0 Å². The van der Waals surface area contributed by atoms with Crippen LogP contribution >= 0.6 is 0 Å². The standard InChI is InChI=1S/C10H11NO4S/c1-15-10(12)11-9(7-16(11,13)14)8-5-3-2-4-6-8/h2-6,9H,7H2,1H3. The molecule has 1 heterocycles. The molecule has 0 aliphatic carbocycles. The summed E-state index contributed by atoms with van der Waals surface area (Å²) in [6.45, 7) is 0. The molecule has 0 radical (unpaired) electrons. The number of hydrogen-bond acceptors (Lipinski definition) is 4. The Kier molecular flexibility index (Phi) is 2.59. The smallest absolute Gasteiger partial charge is 0.423 e. The molecule has 1 unspecified atom stereocenters. The summed E-state index contributed by atoms with van der Waals surface area (Å²) in [6.07, 6.45) is -0.833. The Labute approximate surface area is 93.7 Å². The number of rotatable bonds is 1. The third-order valence-corrected chi connectivity index (χ3v) is 4.23. The molecule has 2 rings (SSSR count). The van der Waals surface area contributed by atoms with E-state index >= 15 is 0 Å². The second-order valence-corrected chi connectivity index (χ2v) is 5.36. The highest BCUT2D eigenvalue weighted by atomic mass is 32.2. The van der Waals surface area contributed by atoms with Crippen LogP contribution in [0.2, 0.25) is 0 Å². The lowest BCUT2D eigenvalue weighted by Gasteiger charge is -2.38. The molecule has 1 aromatic carbocycles. The van der Waals surface area contributed by atoms with Crippen LogP contribution in [0.25, 0.3) is 0 Å². The summed E-state index contributed by atoms with van der Waals surface area (Å²) in [7, 11) is -2.31. The summed E-state index contributed by atoms with van der Waals surface area (Å²) in [5.74, 6) is -0.0495. The number of benzene rings is 1. The van der Waals surface area contributed by atoms with Crippen molar-refractivity contribution in [3.8, 4) is 0 Å². The fourth-order valence-electron chi connectivity index (χ4n) is 1.69. The van der Waals surface area contributed by atoms with E-state index in [4.69, 9.17) is 0 Å². The molecule has 0 aromatic heterocycles. The average molecular weight is 241 g/mol. The maximum atomic E-state index is 11.4. The van der Waals surface area contributed by atoms with E-state index in [0.717, 1.165) is 17.0 Å². The summed E-state index contributed by atoms with van der Waals surface area (Å²) in [5.41, 5.74) is 0.794. The van der Waals surface area contributed by atoms with Crippen LogP contribution in [0.3, 0.4) is 0 Å². The van der Waals surface area contributed by atoms with Gasteiger partial charge in [0.05, 0.1) is 18.9 Å². The van der Waals surface area contributed by atoms with Crippen LogP contribution in [-0.4, -0.2) is 31.7 Å². The van der Waals surface area contributed by atoms with E-state index in [0.29, 0.717) is 0 Å². The molecular weight excluding hydrogens is 230 g/mol. The molecule has 1 fully saturated rings. The third kappa shape index (κ3) is 1.65. The van der Waals surface area contributed by atoms with Crippen molar-refractivity contribution in [1.82, 2.24) is 4.31 Å². The molecule has 6 heteroatoms. The van der Waals surface area contributed by atoms with E-state index in [2.05, 4.69) is 4.74 Å². The van der Waals surface area contributed by atoms with E-state index in [1.165, 1.54) is 0 Å². The Morgan fingerprint density at radius 1 is 1.38 bits per heavy atom. The lowest BCUT2D eigenvalue weighted by Crippen LogP contribution is -2.53. The summed E-state index contributed by atoms with van der Waals surface area (Å²) in [4.78, 5) is 11.3. The van der Waals surface area contributed by atoms with Gasteiger partial charge in [-0.15, -0.1) is 0 Å². The van der Waals surface area contributed by atoms with Crippen molar-refractivity contribution in [3.63, 3.8) is 0 Å². The molecule has 1 aliphatic heterocycles. The molecule has 0 spiro atoms. The molecule has 1 amide bonds. The van der Waals surface area contributed by atoms with Crippen LogP contribution in [0.5, 0.6) is 0 Å². The zero-order valence-electron chi connectivity index (χ0n) is 8.66. The second-order valence-electron chi connectivity index (χ2n) is 3.47. The number of ether oxygens (including phenoxy) is 1. The van der Waals surface area contributed by atoms with Gasteiger partial charge in [-0.05, 0) is 5.56 Å². The topological polar surface area (TPSA) is 63.7 Å². The van der Waals surface area contributed by atoms with E-state index in [1.807, 2.05) is 6.07 Å². The zero-order valence-corrected chi connectivity index (χ0v) is 9.48. The Bertz CT molecular complexity index is 497. The Morgan fingerprint density at radius 3 is 2.50 bits per heavy atom. The van der Waals surface area contributed by atoms with Crippen molar-refractivity contribution < 1.29 is 17.9 Å². The fraction of sp³-hybridized carbons (Fsp3) is 0.300. The molecule has 0 N–H and O–H groups in total. The molecule has 5 nitrogen and oxygen atoms in total. The quantitative estimate of drug-likeness (QED) is 0.739. The molecule has 0 saturated carbocycles. The summed E-state index contributed by atoms with van der Waals surface area (Å²) >= 11 is 0. The summed E-state index contributed by atoms with van der Waals surface area (Å²) in [5, 5.41) is 0. The lowest BCUT2D eigenvalue weighted by molar-refractivity contribution is 0.133. The van der Waals surface area contributed by atoms with Crippen molar-refractivity contribution >= 4 is 16.1 Å². The van der Waals surface area contributed by atoms with Crippen molar-refractivity contribution in [2.75, 3.05) is 12.9 Å². The van der Waals surface area contributed by atoms with Gasteiger partial charge in [-0.2, -0.15) is 4.31 Å². The van der Waals surface area contributed by atoms with Crippen molar-refractivity contribution in [3.05, 3.63) is 35.9 Å². The minimum Gasteiger partial charge on any atom is -0.452 e. The normalized spacial score (nSPS) is 22.3. The van der Waals surface area contributed by atoms with E-state index in [1.54, 1.807) is 24.3 Å². The molecule has 1 atom stereocenters. The molecule has 16 heavy (non-hydrogen) atoms. The van der Waals surface area contributed by atoms with Gasteiger partial charge in [-0.1, -0.05) is 30.3 Å². The van der Waals surface area contributed by atoms with E-state index in [-0.39, 0.29) is 5.75 Å². The number of carbonyl (C=O) groups excluding carboxylic acids is 1. The number of methoxy groups -OCH3 is 1. The highest BCUT2D eigenvalue weighted by Gasteiger charge is 2.48. The van der Waals surface area contributed by atoms with Crippen LogP contribution in [-0.2, 0) is 14.8 Å². The van der Waals surface area contributed by atoms with Gasteiger partial charge in [0.25, 0.3) is 0 Å². The largest absolute Gasteiger partial charge is 0.452 e. The van der Waals surface area contributed by atoms with Crippen LogP contribution in [0.15, 0.2) is 30.3 Å². The van der Waals surface area contributed by atoms with Gasteiger partial charge in [0.1, 0.15) is 0 Å². The summed E-state index contributed by atoms with van der Waals surface area (Å²) in [6, 6.07) is 8.58. The van der Waals surface area contributed by atoms with E-state index in [9.17, 15) is 13.2 Å². The summed E-state index contributed by atoms with van der Waals surface area (Å²) < 4.78 is 28.1. The highest BCUT2D eigenvalue weighted by Crippen LogP contribution is 2.35. The number of nitrogens with zero attached hydrogens (tertiary/aromatic N) is 1. The van der Waals surface area contributed by atoms with Gasteiger partial charge in [0.15, 0.2) is 0 Å². The molecule has 1 saturated heterocycles. The van der Waals surface area contributed by atoms with Crippen molar-refractivity contribution in [2.45, 2.75) is 6.04 Å². The minimum absolute atomic E-state index is 0.0495. The fourth-order valence-corrected chi connectivity index (χ4v) is 3.22. The Hall–Kier alpha value is -1.56. The maximum Gasteiger partial charge on any atom is 0.423 e. The number of sulfonamides is 1. The van der Waals surface area contributed by atoms with Gasteiger partial charge >= 0.3 is 6.09 Å². The van der Waals surface area contributed by atoms with Gasteiger partial charge in [-0.25, -0.2) is 13.2 Å². The predicted octanol–water partition coefficient (Wildman–Crippen LogP) is 1.14. The van der Waals surface area contributed by atoms with Gasteiger partial charge in [-0.3, -0.25) is 0 Å². The first-order chi connectivity index (χ1) is 7.56. The minimum atomic E-state index is -3.47. The SMILES string of the molecule is COC(=O)N1C(c2ccccc2)CS1(=O)=O. The van der Waals surface area contributed by atoms with Crippen LogP contribution in [0.4, 0.5) is 4.79 Å². The molecule has 0 bridgehead atoms. The van der Waals surface area contributed by atoms with E-state index < -0.39 is 22.2 Å². The number of hydrogen-bond donors (Lipinski definition) is 0. The second kappa shape index (κ2) is 3.79. The van der Waals surface area contributed by atoms with Crippen LogP contribution in [0.1, 0.15) is 11.6 Å². The van der Waals surface area contributed by atoms with Crippen LogP contribution < -0.4 is 0 Å². The maximum absolute atomic E-state index is 11.4. The number of carbonyl (C=O) groups is 1. The molecule has 1 aromatic rings. The first-order valence-corrected chi connectivity index (χ1v) is 6.32.